The van der Waals surface area contributed by atoms with E-state index < -0.39 is 23.3 Å². The molecule has 0 heterocycles. The van der Waals surface area contributed by atoms with Crippen LogP contribution in [0.2, 0.25) is 0 Å². The third-order valence-electron chi connectivity index (χ3n) is 3.46. The first kappa shape index (κ1) is 10.6. The largest absolute Gasteiger partial charge is 0.327 e. The lowest BCUT2D eigenvalue weighted by Crippen LogP contribution is -2.21. The van der Waals surface area contributed by atoms with Crippen LogP contribution in [0.5, 0.6) is 0 Å². The summed E-state index contributed by atoms with van der Waals surface area (Å²) < 4.78 is 28.0. The third kappa shape index (κ3) is 1.46. The van der Waals surface area contributed by atoms with Gasteiger partial charge in [0.15, 0.2) is 0 Å². The lowest BCUT2D eigenvalue weighted by atomic mass is 9.99. The van der Waals surface area contributed by atoms with Crippen molar-refractivity contribution in [2.75, 3.05) is 0 Å². The van der Waals surface area contributed by atoms with Crippen molar-refractivity contribution in [1.82, 2.24) is 0 Å². The van der Waals surface area contributed by atoms with Gasteiger partial charge in [-0.25, -0.2) is 8.78 Å². The molecule has 2 atom stereocenters. The second-order valence-electron chi connectivity index (χ2n) is 4.81. The summed E-state index contributed by atoms with van der Waals surface area (Å²) in [5, 5.41) is 0. The van der Waals surface area contributed by atoms with Gasteiger partial charge in [-0.15, -0.1) is 0 Å². The molecule has 0 bridgehead atoms. The highest BCUT2D eigenvalue weighted by molar-refractivity contribution is 5.27. The van der Waals surface area contributed by atoms with Gasteiger partial charge in [-0.1, -0.05) is 44.2 Å². The number of hydrogen-bond acceptors (Lipinski definition) is 1. The molecule has 1 aromatic rings. The molecule has 2 unspecified atom stereocenters. The zero-order chi connectivity index (χ0) is 11.3. The maximum absolute atomic E-state index is 14.0. The van der Waals surface area contributed by atoms with Crippen molar-refractivity contribution in [3.8, 4) is 0 Å². The van der Waals surface area contributed by atoms with Crippen LogP contribution >= 0.6 is 0 Å². The number of rotatable bonds is 2. The fraction of sp³-hybridized carbons (Fsp3) is 0.500. The molecule has 0 radical (unpaired) electrons. The highest BCUT2D eigenvalue weighted by atomic mass is 19.3. The Labute approximate surface area is 88.3 Å². The van der Waals surface area contributed by atoms with Gasteiger partial charge in [0, 0.05) is 17.5 Å². The maximum Gasteiger partial charge on any atom is 0.278 e. The molecule has 0 saturated heterocycles. The smallest absolute Gasteiger partial charge is 0.278 e. The molecule has 0 amide bonds. The van der Waals surface area contributed by atoms with Gasteiger partial charge in [-0.2, -0.15) is 0 Å². The van der Waals surface area contributed by atoms with E-state index in [0.29, 0.717) is 0 Å². The number of nitrogens with two attached hydrogens (primary N) is 1. The minimum Gasteiger partial charge on any atom is -0.327 e. The van der Waals surface area contributed by atoms with E-state index >= 15 is 0 Å². The van der Waals surface area contributed by atoms with Crippen molar-refractivity contribution in [2.45, 2.75) is 25.8 Å². The summed E-state index contributed by atoms with van der Waals surface area (Å²) in [7, 11) is 0. The van der Waals surface area contributed by atoms with Crippen molar-refractivity contribution in [2.24, 2.45) is 17.1 Å². The molecule has 2 N–H and O–H groups in total. The molecule has 1 aliphatic carbocycles. The average Bonchev–Trinajstić information content (AvgIpc) is 2.68. The summed E-state index contributed by atoms with van der Waals surface area (Å²) in [6.45, 7) is 3.58. The lowest BCUT2D eigenvalue weighted by Gasteiger charge is -2.18. The third-order valence-corrected chi connectivity index (χ3v) is 3.46. The van der Waals surface area contributed by atoms with E-state index in [1.807, 2.05) is 0 Å². The van der Waals surface area contributed by atoms with Gasteiger partial charge in [-0.05, 0) is 5.41 Å². The van der Waals surface area contributed by atoms with E-state index in [-0.39, 0.29) is 5.56 Å². The quantitative estimate of drug-likeness (QED) is 0.799. The van der Waals surface area contributed by atoms with Gasteiger partial charge in [0.25, 0.3) is 5.92 Å². The molecular formula is C12H15F2N. The summed E-state index contributed by atoms with van der Waals surface area (Å²) >= 11 is 0. The molecule has 1 saturated carbocycles. The van der Waals surface area contributed by atoms with E-state index in [1.165, 1.54) is 12.1 Å². The van der Waals surface area contributed by atoms with Crippen molar-refractivity contribution in [3.63, 3.8) is 0 Å². The first-order chi connectivity index (χ1) is 6.88. The zero-order valence-electron chi connectivity index (χ0n) is 8.87. The lowest BCUT2D eigenvalue weighted by molar-refractivity contribution is -0.0405. The standard InChI is InChI=1S/C12H15F2N/c1-11(2)9(10(11)15)12(13,14)8-6-4-3-5-7-8/h3-7,9-10H,15H2,1-2H3. The van der Waals surface area contributed by atoms with E-state index in [4.69, 9.17) is 5.73 Å². The van der Waals surface area contributed by atoms with Crippen LogP contribution in [0, 0.1) is 11.3 Å². The molecular weight excluding hydrogens is 196 g/mol. The van der Waals surface area contributed by atoms with E-state index in [2.05, 4.69) is 0 Å². The van der Waals surface area contributed by atoms with E-state index in [0.717, 1.165) is 0 Å². The van der Waals surface area contributed by atoms with Crippen LogP contribution in [-0.4, -0.2) is 6.04 Å². The topological polar surface area (TPSA) is 26.0 Å². The fourth-order valence-electron chi connectivity index (χ4n) is 2.21. The Balaban J connectivity index is 2.30. The number of halogens is 2. The van der Waals surface area contributed by atoms with Crippen LogP contribution in [0.3, 0.4) is 0 Å². The Morgan fingerprint density at radius 3 is 2.07 bits per heavy atom. The monoisotopic (exact) mass is 211 g/mol. The first-order valence-corrected chi connectivity index (χ1v) is 5.07. The molecule has 1 fully saturated rings. The Kier molecular flexibility index (Phi) is 2.12. The molecule has 1 aliphatic rings. The zero-order valence-corrected chi connectivity index (χ0v) is 8.87. The van der Waals surface area contributed by atoms with Crippen molar-refractivity contribution >= 4 is 0 Å². The normalized spacial score (nSPS) is 28.9. The van der Waals surface area contributed by atoms with Gasteiger partial charge in [0.1, 0.15) is 0 Å². The van der Waals surface area contributed by atoms with Crippen LogP contribution in [0.1, 0.15) is 19.4 Å². The molecule has 82 valence electrons. The van der Waals surface area contributed by atoms with Crippen LogP contribution in [0.15, 0.2) is 30.3 Å². The highest BCUT2D eigenvalue weighted by Gasteiger charge is 2.67. The van der Waals surface area contributed by atoms with Gasteiger partial charge < -0.3 is 5.73 Å². The second-order valence-corrected chi connectivity index (χ2v) is 4.81. The SMILES string of the molecule is CC1(C)C(N)C1C(F)(F)c1ccccc1. The van der Waals surface area contributed by atoms with E-state index in [9.17, 15) is 8.78 Å². The minimum atomic E-state index is -2.82. The van der Waals surface area contributed by atoms with Gasteiger partial charge in [0.05, 0.1) is 0 Å². The van der Waals surface area contributed by atoms with Crippen molar-refractivity contribution in [3.05, 3.63) is 35.9 Å². The molecule has 1 nitrogen and oxygen atoms in total. The molecule has 0 spiro atoms. The van der Waals surface area contributed by atoms with Crippen LogP contribution in [0.4, 0.5) is 8.78 Å². The van der Waals surface area contributed by atoms with E-state index in [1.54, 1.807) is 32.0 Å². The molecule has 1 aromatic carbocycles. The van der Waals surface area contributed by atoms with Gasteiger partial charge in [0.2, 0.25) is 0 Å². The summed E-state index contributed by atoms with van der Waals surface area (Å²) in [5.41, 5.74) is 5.29. The van der Waals surface area contributed by atoms with Crippen LogP contribution in [0.25, 0.3) is 0 Å². The summed E-state index contributed by atoms with van der Waals surface area (Å²) in [4.78, 5) is 0. The first-order valence-electron chi connectivity index (χ1n) is 5.07. The molecule has 0 aliphatic heterocycles. The Morgan fingerprint density at radius 2 is 1.67 bits per heavy atom. The minimum absolute atomic E-state index is 0.0658. The number of hydrogen-bond donors (Lipinski definition) is 1. The summed E-state index contributed by atoms with van der Waals surface area (Å²) in [6.07, 6.45) is 0. The summed E-state index contributed by atoms with van der Waals surface area (Å²) in [5.74, 6) is -3.56. The Morgan fingerprint density at radius 1 is 1.20 bits per heavy atom. The maximum atomic E-state index is 14.0. The fourth-order valence-corrected chi connectivity index (χ4v) is 2.21. The number of alkyl halides is 2. The highest BCUT2D eigenvalue weighted by Crippen LogP contribution is 2.61. The molecule has 15 heavy (non-hydrogen) atoms. The Hall–Kier alpha value is -0.960. The molecule has 3 heteroatoms. The second kappa shape index (κ2) is 3.01. The van der Waals surface area contributed by atoms with Crippen LogP contribution < -0.4 is 5.73 Å². The summed E-state index contributed by atoms with van der Waals surface area (Å²) in [6, 6.07) is 7.50. The van der Waals surface area contributed by atoms with Gasteiger partial charge >= 0.3 is 0 Å². The predicted octanol–water partition coefficient (Wildman–Crippen LogP) is 2.76. The number of benzene rings is 1. The Bertz CT molecular complexity index is 359. The molecule has 2 rings (SSSR count). The predicted molar refractivity (Wildman–Crippen MR) is 55.6 cm³/mol. The average molecular weight is 211 g/mol. The van der Waals surface area contributed by atoms with Crippen molar-refractivity contribution < 1.29 is 8.78 Å². The van der Waals surface area contributed by atoms with Crippen molar-refractivity contribution in [1.29, 1.82) is 0 Å². The van der Waals surface area contributed by atoms with Crippen LogP contribution in [-0.2, 0) is 5.92 Å². The van der Waals surface area contributed by atoms with Gasteiger partial charge in [-0.3, -0.25) is 0 Å². The molecule has 0 aromatic heterocycles.